The first-order valence-corrected chi connectivity index (χ1v) is 12.3. The lowest BCUT2D eigenvalue weighted by Gasteiger charge is -2.19. The van der Waals surface area contributed by atoms with Gasteiger partial charge in [-0.05, 0) is 25.0 Å². The highest BCUT2D eigenvalue weighted by Gasteiger charge is 2.02. The van der Waals surface area contributed by atoms with Crippen LogP contribution in [0.1, 0.15) is 103 Å². The Morgan fingerprint density at radius 1 is 0.759 bits per heavy atom. The van der Waals surface area contributed by atoms with Gasteiger partial charge in [0.2, 0.25) is 5.91 Å². The van der Waals surface area contributed by atoms with Gasteiger partial charge in [0.25, 0.3) is 0 Å². The van der Waals surface area contributed by atoms with Crippen LogP contribution in [0.5, 0.6) is 0 Å². The third-order valence-corrected chi connectivity index (χ3v) is 5.70. The van der Waals surface area contributed by atoms with E-state index < -0.39 is 0 Å². The molecule has 0 saturated heterocycles. The first-order chi connectivity index (χ1) is 14.2. The van der Waals surface area contributed by atoms with Gasteiger partial charge in [0.15, 0.2) is 0 Å². The minimum absolute atomic E-state index is 0.218. The first kappa shape index (κ1) is 25.5. The van der Waals surface area contributed by atoms with Crippen molar-refractivity contribution in [3.8, 4) is 0 Å². The second-order valence-electron chi connectivity index (χ2n) is 8.45. The summed E-state index contributed by atoms with van der Waals surface area (Å²) in [4.78, 5) is 14.2. The SMILES string of the molecule is CCCCCCCCCCCCCCCC(=O)NCCCN(C)c1ccccc1. The van der Waals surface area contributed by atoms with Gasteiger partial charge >= 0.3 is 0 Å². The highest BCUT2D eigenvalue weighted by atomic mass is 16.1. The van der Waals surface area contributed by atoms with Crippen molar-refractivity contribution in [3.63, 3.8) is 0 Å². The molecule has 0 saturated carbocycles. The number of amides is 1. The molecule has 0 aliphatic heterocycles. The molecule has 1 N–H and O–H groups in total. The zero-order valence-corrected chi connectivity index (χ0v) is 19.3. The molecule has 0 spiro atoms. The van der Waals surface area contributed by atoms with Gasteiger partial charge in [0.1, 0.15) is 0 Å². The number of rotatable bonds is 19. The summed E-state index contributed by atoms with van der Waals surface area (Å²) in [5, 5.41) is 3.07. The van der Waals surface area contributed by atoms with E-state index in [2.05, 4.69) is 48.5 Å². The van der Waals surface area contributed by atoms with E-state index in [-0.39, 0.29) is 5.91 Å². The Morgan fingerprint density at radius 2 is 1.28 bits per heavy atom. The molecule has 0 aromatic heterocycles. The van der Waals surface area contributed by atoms with E-state index in [0.717, 1.165) is 25.9 Å². The number of nitrogens with zero attached hydrogens (tertiary/aromatic N) is 1. The van der Waals surface area contributed by atoms with Crippen molar-refractivity contribution in [2.45, 2.75) is 103 Å². The zero-order valence-electron chi connectivity index (χ0n) is 19.3. The quantitative estimate of drug-likeness (QED) is 0.250. The van der Waals surface area contributed by atoms with Gasteiger partial charge in [0, 0.05) is 32.2 Å². The van der Waals surface area contributed by atoms with Gasteiger partial charge in [-0.3, -0.25) is 4.79 Å². The summed E-state index contributed by atoms with van der Waals surface area (Å²) in [6, 6.07) is 10.4. The van der Waals surface area contributed by atoms with Crippen LogP contribution in [0.25, 0.3) is 0 Å². The van der Waals surface area contributed by atoms with Gasteiger partial charge in [-0.25, -0.2) is 0 Å². The average Bonchev–Trinajstić information content (AvgIpc) is 2.75. The molecule has 0 aliphatic carbocycles. The molecule has 166 valence electrons. The highest BCUT2D eigenvalue weighted by molar-refractivity contribution is 5.75. The fourth-order valence-corrected chi connectivity index (χ4v) is 3.75. The molecule has 0 heterocycles. The number of unbranched alkanes of at least 4 members (excludes halogenated alkanes) is 12. The Balaban J connectivity index is 1.82. The molecule has 3 nitrogen and oxygen atoms in total. The molecule has 0 bridgehead atoms. The Kier molecular flexibility index (Phi) is 16.3. The van der Waals surface area contributed by atoms with E-state index in [1.165, 1.54) is 82.7 Å². The second kappa shape index (κ2) is 18.5. The number of hydrogen-bond donors (Lipinski definition) is 1. The molecule has 1 amide bonds. The maximum atomic E-state index is 11.9. The summed E-state index contributed by atoms with van der Waals surface area (Å²) in [5.74, 6) is 0.218. The van der Waals surface area contributed by atoms with Gasteiger partial charge < -0.3 is 10.2 Å². The van der Waals surface area contributed by atoms with Crippen molar-refractivity contribution in [3.05, 3.63) is 30.3 Å². The van der Waals surface area contributed by atoms with E-state index in [9.17, 15) is 4.79 Å². The van der Waals surface area contributed by atoms with Crippen molar-refractivity contribution < 1.29 is 4.79 Å². The van der Waals surface area contributed by atoms with Crippen molar-refractivity contribution in [1.29, 1.82) is 0 Å². The van der Waals surface area contributed by atoms with Crippen LogP contribution >= 0.6 is 0 Å². The molecule has 0 aliphatic rings. The number of para-hydroxylation sites is 1. The van der Waals surface area contributed by atoms with Crippen LogP contribution in [-0.2, 0) is 4.79 Å². The Hall–Kier alpha value is -1.51. The van der Waals surface area contributed by atoms with E-state index in [0.29, 0.717) is 6.42 Å². The van der Waals surface area contributed by atoms with Crippen LogP contribution in [0, 0.1) is 0 Å². The Bertz CT molecular complexity index is 489. The summed E-state index contributed by atoms with van der Waals surface area (Å²) in [7, 11) is 2.10. The summed E-state index contributed by atoms with van der Waals surface area (Å²) in [6.45, 7) is 4.01. The summed E-state index contributed by atoms with van der Waals surface area (Å²) in [5.41, 5.74) is 1.23. The maximum absolute atomic E-state index is 11.9. The average molecular weight is 403 g/mol. The number of anilines is 1. The van der Waals surface area contributed by atoms with Crippen LogP contribution in [-0.4, -0.2) is 26.0 Å². The van der Waals surface area contributed by atoms with Crippen molar-refractivity contribution >= 4 is 11.6 Å². The van der Waals surface area contributed by atoms with Gasteiger partial charge in [-0.2, -0.15) is 0 Å². The van der Waals surface area contributed by atoms with Crippen LogP contribution in [0.2, 0.25) is 0 Å². The predicted molar refractivity (Wildman–Crippen MR) is 128 cm³/mol. The molecular weight excluding hydrogens is 356 g/mol. The van der Waals surface area contributed by atoms with Gasteiger partial charge in [0.05, 0.1) is 0 Å². The van der Waals surface area contributed by atoms with Crippen molar-refractivity contribution in [2.75, 3.05) is 25.0 Å². The Morgan fingerprint density at radius 3 is 1.83 bits per heavy atom. The highest BCUT2D eigenvalue weighted by Crippen LogP contribution is 2.13. The molecule has 0 unspecified atom stereocenters. The molecule has 0 fully saturated rings. The molecular formula is C26H46N2O. The first-order valence-electron chi connectivity index (χ1n) is 12.3. The summed E-state index contributed by atoms with van der Waals surface area (Å²) < 4.78 is 0. The Labute approximate surface area is 180 Å². The third kappa shape index (κ3) is 15.1. The second-order valence-corrected chi connectivity index (χ2v) is 8.45. The normalized spacial score (nSPS) is 10.8. The van der Waals surface area contributed by atoms with Crippen molar-refractivity contribution in [1.82, 2.24) is 5.32 Å². The minimum atomic E-state index is 0.218. The monoisotopic (exact) mass is 402 g/mol. The zero-order chi connectivity index (χ0) is 21.0. The number of hydrogen-bond acceptors (Lipinski definition) is 2. The van der Waals surface area contributed by atoms with Crippen LogP contribution in [0.3, 0.4) is 0 Å². The number of nitrogens with one attached hydrogen (secondary N) is 1. The van der Waals surface area contributed by atoms with E-state index in [1.54, 1.807) is 0 Å². The van der Waals surface area contributed by atoms with Crippen molar-refractivity contribution in [2.24, 2.45) is 0 Å². The standard InChI is InChI=1S/C26H46N2O/c1-3-4-5-6-7-8-9-10-11-12-13-14-18-22-26(29)27-23-19-24-28(2)25-20-16-15-17-21-25/h15-17,20-21H,3-14,18-19,22-24H2,1-2H3,(H,27,29). The molecule has 0 atom stereocenters. The summed E-state index contributed by atoms with van der Waals surface area (Å²) >= 11 is 0. The lowest BCUT2D eigenvalue weighted by atomic mass is 10.0. The fraction of sp³-hybridized carbons (Fsp3) is 0.731. The smallest absolute Gasteiger partial charge is 0.219 e. The van der Waals surface area contributed by atoms with Gasteiger partial charge in [-0.15, -0.1) is 0 Å². The molecule has 1 rings (SSSR count). The van der Waals surface area contributed by atoms with Gasteiger partial charge in [-0.1, -0.05) is 102 Å². The largest absolute Gasteiger partial charge is 0.375 e. The van der Waals surface area contributed by atoms with Crippen LogP contribution in [0.15, 0.2) is 30.3 Å². The van der Waals surface area contributed by atoms with Crippen LogP contribution < -0.4 is 10.2 Å². The molecule has 1 aromatic carbocycles. The molecule has 3 heteroatoms. The topological polar surface area (TPSA) is 32.3 Å². The fourth-order valence-electron chi connectivity index (χ4n) is 3.75. The molecule has 29 heavy (non-hydrogen) atoms. The molecule has 1 aromatic rings. The van der Waals surface area contributed by atoms with Crippen LogP contribution in [0.4, 0.5) is 5.69 Å². The third-order valence-electron chi connectivity index (χ3n) is 5.70. The number of benzene rings is 1. The van der Waals surface area contributed by atoms with E-state index >= 15 is 0 Å². The number of carbonyl (C=O) groups excluding carboxylic acids is 1. The summed E-state index contributed by atoms with van der Waals surface area (Å²) in [6.07, 6.45) is 19.1. The molecule has 0 radical (unpaired) electrons. The minimum Gasteiger partial charge on any atom is -0.375 e. The predicted octanol–water partition coefficient (Wildman–Crippen LogP) is 7.11. The lowest BCUT2D eigenvalue weighted by Crippen LogP contribution is -2.27. The maximum Gasteiger partial charge on any atom is 0.219 e. The lowest BCUT2D eigenvalue weighted by molar-refractivity contribution is -0.121. The number of carbonyl (C=O) groups is 1. The van der Waals surface area contributed by atoms with E-state index in [4.69, 9.17) is 0 Å². The van der Waals surface area contributed by atoms with E-state index in [1.807, 2.05) is 6.07 Å².